The van der Waals surface area contributed by atoms with Crippen LogP contribution in [0.3, 0.4) is 0 Å². The molecule has 1 aromatic heterocycles. The van der Waals surface area contributed by atoms with Crippen molar-refractivity contribution in [3.8, 4) is 11.1 Å². The maximum Gasteiger partial charge on any atom is 0.277 e. The number of para-hydroxylation sites is 1. The summed E-state index contributed by atoms with van der Waals surface area (Å²) in [6.45, 7) is 0. The highest BCUT2D eigenvalue weighted by Gasteiger charge is 2.12. The Kier molecular flexibility index (Phi) is 5.18. The lowest BCUT2D eigenvalue weighted by Gasteiger charge is -2.01. The number of benzene rings is 2. The Morgan fingerprint density at radius 1 is 0.762 bits per heavy atom. The molecule has 0 saturated heterocycles. The Balaban J connectivity index is 0.000000225. The molecule has 2 aromatic carbocycles. The summed E-state index contributed by atoms with van der Waals surface area (Å²) < 4.78 is 0. The number of nitro benzene ring substituents is 1. The van der Waals surface area contributed by atoms with Crippen LogP contribution in [-0.2, 0) is 0 Å². The van der Waals surface area contributed by atoms with Gasteiger partial charge in [0.1, 0.15) is 0 Å². The van der Waals surface area contributed by atoms with Gasteiger partial charge in [-0.1, -0.05) is 48.5 Å². The lowest BCUT2D eigenvalue weighted by Crippen LogP contribution is -1.90. The molecule has 0 bridgehead atoms. The number of pyridine rings is 1. The SMILES string of the molecule is O=[N+]([O-])c1ccccc1-c1ccccc1.c1ccncc1. The van der Waals surface area contributed by atoms with Crippen LogP contribution in [0.25, 0.3) is 11.1 Å². The topological polar surface area (TPSA) is 56.0 Å². The van der Waals surface area contributed by atoms with Crippen LogP contribution in [0.5, 0.6) is 0 Å². The van der Waals surface area contributed by atoms with E-state index in [0.29, 0.717) is 5.56 Å². The van der Waals surface area contributed by atoms with Crippen molar-refractivity contribution >= 4 is 5.69 Å². The summed E-state index contributed by atoms with van der Waals surface area (Å²) in [6.07, 6.45) is 3.50. The second-order valence-electron chi connectivity index (χ2n) is 4.16. The van der Waals surface area contributed by atoms with E-state index in [9.17, 15) is 10.1 Å². The van der Waals surface area contributed by atoms with Crippen LogP contribution in [0.4, 0.5) is 5.69 Å². The number of hydrogen-bond donors (Lipinski definition) is 0. The summed E-state index contributed by atoms with van der Waals surface area (Å²) in [5.41, 5.74) is 1.66. The van der Waals surface area contributed by atoms with Crippen molar-refractivity contribution in [3.63, 3.8) is 0 Å². The van der Waals surface area contributed by atoms with E-state index in [4.69, 9.17) is 0 Å². The molecule has 4 heteroatoms. The second kappa shape index (κ2) is 7.55. The Morgan fingerprint density at radius 3 is 1.86 bits per heavy atom. The Morgan fingerprint density at radius 2 is 1.33 bits per heavy atom. The third-order valence-electron chi connectivity index (χ3n) is 2.75. The molecule has 3 rings (SSSR count). The third-order valence-corrected chi connectivity index (χ3v) is 2.75. The average Bonchev–Trinajstić information content (AvgIpc) is 2.58. The van der Waals surface area contributed by atoms with E-state index in [-0.39, 0.29) is 10.6 Å². The van der Waals surface area contributed by atoms with Gasteiger partial charge in [-0.2, -0.15) is 0 Å². The van der Waals surface area contributed by atoms with Gasteiger partial charge >= 0.3 is 0 Å². The lowest BCUT2D eigenvalue weighted by atomic mass is 10.0. The van der Waals surface area contributed by atoms with Gasteiger partial charge in [0.15, 0.2) is 0 Å². The summed E-state index contributed by atoms with van der Waals surface area (Å²) in [5, 5.41) is 10.8. The van der Waals surface area contributed by atoms with Gasteiger partial charge in [-0.3, -0.25) is 15.1 Å². The molecule has 3 aromatic rings. The highest BCUT2D eigenvalue weighted by Crippen LogP contribution is 2.28. The largest absolute Gasteiger partial charge is 0.277 e. The van der Waals surface area contributed by atoms with Gasteiger partial charge in [0.25, 0.3) is 5.69 Å². The average molecular weight is 278 g/mol. The molecule has 0 aliphatic rings. The molecule has 0 aliphatic carbocycles. The van der Waals surface area contributed by atoms with Crippen LogP contribution in [0, 0.1) is 10.1 Å². The van der Waals surface area contributed by atoms with E-state index >= 15 is 0 Å². The van der Waals surface area contributed by atoms with Crippen LogP contribution < -0.4 is 0 Å². The minimum atomic E-state index is -0.359. The normalized spacial score (nSPS) is 9.33. The number of nitro groups is 1. The van der Waals surface area contributed by atoms with Crippen LogP contribution in [0.2, 0.25) is 0 Å². The molecule has 21 heavy (non-hydrogen) atoms. The standard InChI is InChI=1S/C12H9NO2.C5H5N/c14-13(15)12-9-5-4-8-11(12)10-6-2-1-3-7-10;1-2-4-6-5-3-1/h1-9H;1-5H. The fourth-order valence-corrected chi connectivity index (χ4v) is 1.81. The molecule has 1 heterocycles. The van der Waals surface area contributed by atoms with Gasteiger partial charge in [0, 0.05) is 18.5 Å². The second-order valence-corrected chi connectivity index (χ2v) is 4.16. The smallest absolute Gasteiger partial charge is 0.265 e. The van der Waals surface area contributed by atoms with Crippen molar-refractivity contribution in [3.05, 3.63) is 95.3 Å². The molecule has 0 unspecified atom stereocenters. The number of nitrogens with zero attached hydrogens (tertiary/aromatic N) is 2. The zero-order chi connectivity index (χ0) is 14.9. The summed E-state index contributed by atoms with van der Waals surface area (Å²) >= 11 is 0. The Hall–Kier alpha value is -3.01. The van der Waals surface area contributed by atoms with Gasteiger partial charge in [-0.25, -0.2) is 0 Å². The molecule has 0 radical (unpaired) electrons. The van der Waals surface area contributed by atoms with Gasteiger partial charge in [-0.05, 0) is 23.8 Å². The minimum absolute atomic E-state index is 0.142. The molecular formula is C17H14N2O2. The summed E-state index contributed by atoms with van der Waals surface area (Å²) in [4.78, 5) is 14.2. The third kappa shape index (κ3) is 4.24. The van der Waals surface area contributed by atoms with E-state index in [0.717, 1.165) is 5.56 Å². The van der Waals surface area contributed by atoms with Crippen molar-refractivity contribution in [2.75, 3.05) is 0 Å². The van der Waals surface area contributed by atoms with E-state index in [1.54, 1.807) is 30.6 Å². The molecule has 104 valence electrons. The highest BCUT2D eigenvalue weighted by molar-refractivity contribution is 5.73. The van der Waals surface area contributed by atoms with Gasteiger partial charge < -0.3 is 0 Å². The monoisotopic (exact) mass is 278 g/mol. The fraction of sp³-hybridized carbons (Fsp3) is 0. The van der Waals surface area contributed by atoms with Crippen LogP contribution >= 0.6 is 0 Å². The lowest BCUT2D eigenvalue weighted by molar-refractivity contribution is -0.384. The molecular weight excluding hydrogens is 264 g/mol. The van der Waals surface area contributed by atoms with Crippen molar-refractivity contribution in [1.29, 1.82) is 0 Å². The molecule has 0 spiro atoms. The first-order valence-corrected chi connectivity index (χ1v) is 6.43. The van der Waals surface area contributed by atoms with Crippen LogP contribution in [0.15, 0.2) is 85.2 Å². The number of aromatic nitrogens is 1. The van der Waals surface area contributed by atoms with Crippen molar-refractivity contribution in [2.24, 2.45) is 0 Å². The molecule has 0 aliphatic heterocycles. The predicted molar refractivity (Wildman–Crippen MR) is 82.8 cm³/mol. The quantitative estimate of drug-likeness (QED) is 0.517. The molecule has 0 N–H and O–H groups in total. The Bertz CT molecular complexity index is 659. The van der Waals surface area contributed by atoms with Crippen LogP contribution in [-0.4, -0.2) is 9.91 Å². The van der Waals surface area contributed by atoms with E-state index < -0.39 is 0 Å². The van der Waals surface area contributed by atoms with Crippen molar-refractivity contribution in [1.82, 2.24) is 4.98 Å². The maximum atomic E-state index is 10.8. The number of rotatable bonds is 2. The van der Waals surface area contributed by atoms with E-state index in [1.165, 1.54) is 6.07 Å². The molecule has 4 nitrogen and oxygen atoms in total. The molecule has 0 fully saturated rings. The first kappa shape index (κ1) is 14.4. The van der Waals surface area contributed by atoms with Crippen LogP contribution in [0.1, 0.15) is 0 Å². The zero-order valence-corrected chi connectivity index (χ0v) is 11.3. The predicted octanol–water partition coefficient (Wildman–Crippen LogP) is 4.34. The molecule has 0 atom stereocenters. The summed E-state index contributed by atoms with van der Waals surface area (Å²) in [6, 6.07) is 21.8. The fourth-order valence-electron chi connectivity index (χ4n) is 1.81. The maximum absolute atomic E-state index is 10.8. The van der Waals surface area contributed by atoms with Gasteiger partial charge in [-0.15, -0.1) is 0 Å². The molecule has 0 saturated carbocycles. The first-order valence-electron chi connectivity index (χ1n) is 6.43. The first-order chi connectivity index (χ1) is 10.3. The summed E-state index contributed by atoms with van der Waals surface area (Å²) in [7, 11) is 0. The molecule has 0 amide bonds. The van der Waals surface area contributed by atoms with E-state index in [1.807, 2.05) is 48.5 Å². The highest BCUT2D eigenvalue weighted by atomic mass is 16.6. The minimum Gasteiger partial charge on any atom is -0.265 e. The number of hydrogen-bond acceptors (Lipinski definition) is 3. The zero-order valence-electron chi connectivity index (χ0n) is 11.3. The van der Waals surface area contributed by atoms with Crippen molar-refractivity contribution in [2.45, 2.75) is 0 Å². The Labute approximate surface area is 122 Å². The summed E-state index contributed by atoms with van der Waals surface area (Å²) in [5.74, 6) is 0. The van der Waals surface area contributed by atoms with Crippen molar-refractivity contribution < 1.29 is 4.92 Å². The van der Waals surface area contributed by atoms with Gasteiger partial charge in [0.2, 0.25) is 0 Å². The van der Waals surface area contributed by atoms with Gasteiger partial charge in [0.05, 0.1) is 10.5 Å². The van der Waals surface area contributed by atoms with E-state index in [2.05, 4.69) is 4.98 Å².